The van der Waals surface area contributed by atoms with Gasteiger partial charge in [0.1, 0.15) is 0 Å². The Bertz CT molecular complexity index is 892. The van der Waals surface area contributed by atoms with Crippen molar-refractivity contribution in [1.29, 1.82) is 0 Å². The molecule has 1 saturated heterocycles. The molecule has 1 aliphatic rings. The Hall–Kier alpha value is -1.33. The smallest absolute Gasteiger partial charge is 0.175 e. The van der Waals surface area contributed by atoms with Gasteiger partial charge < -0.3 is 4.74 Å². The molecule has 0 aromatic heterocycles. The minimum Gasteiger partial charge on any atom is -0.377 e. The molecule has 24 heavy (non-hydrogen) atoms. The van der Waals surface area contributed by atoms with E-state index >= 15 is 0 Å². The monoisotopic (exact) mass is 382 g/mol. The van der Waals surface area contributed by atoms with E-state index in [0.717, 1.165) is 23.1 Å². The van der Waals surface area contributed by atoms with E-state index in [9.17, 15) is 8.42 Å². The molecule has 0 saturated carbocycles. The van der Waals surface area contributed by atoms with Crippen molar-refractivity contribution >= 4 is 38.6 Å². The minimum absolute atomic E-state index is 0.299. The van der Waals surface area contributed by atoms with Gasteiger partial charge in [-0.05, 0) is 53.0 Å². The minimum atomic E-state index is -3.22. The van der Waals surface area contributed by atoms with Gasteiger partial charge in [0.25, 0.3) is 0 Å². The van der Waals surface area contributed by atoms with E-state index < -0.39 is 9.84 Å². The molecule has 0 aliphatic carbocycles. The summed E-state index contributed by atoms with van der Waals surface area (Å²) < 4.78 is 28.8. The van der Waals surface area contributed by atoms with Crippen molar-refractivity contribution < 1.29 is 13.2 Å². The summed E-state index contributed by atoms with van der Waals surface area (Å²) in [4.78, 5) is 0.299. The molecular weight excluding hydrogens is 367 g/mol. The lowest BCUT2D eigenvalue weighted by Crippen LogP contribution is -1.99. The Kier molecular flexibility index (Phi) is 5.02. The molecule has 0 spiro atoms. The first-order valence-corrected chi connectivity index (χ1v) is 10.1. The molecular formula is C18H16Cl2O3S. The molecule has 1 heterocycles. The van der Waals surface area contributed by atoms with Gasteiger partial charge >= 0.3 is 0 Å². The van der Waals surface area contributed by atoms with Gasteiger partial charge in [-0.2, -0.15) is 0 Å². The number of hydrogen-bond acceptors (Lipinski definition) is 3. The van der Waals surface area contributed by atoms with Gasteiger partial charge in [0, 0.05) is 6.26 Å². The third kappa shape index (κ3) is 3.67. The van der Waals surface area contributed by atoms with Crippen molar-refractivity contribution in [3.63, 3.8) is 0 Å². The summed E-state index contributed by atoms with van der Waals surface area (Å²) in [5, 5.41) is 0.985. The van der Waals surface area contributed by atoms with E-state index in [0.29, 0.717) is 28.2 Å². The zero-order valence-electron chi connectivity index (χ0n) is 13.1. The maximum absolute atomic E-state index is 11.7. The second-order valence-corrected chi connectivity index (χ2v) is 8.54. The Morgan fingerprint density at radius 1 is 1.00 bits per heavy atom. The lowest BCUT2D eigenvalue weighted by Gasteiger charge is -2.13. The van der Waals surface area contributed by atoms with E-state index in [1.54, 1.807) is 18.2 Å². The number of halogens is 2. The normalized spacial score (nSPS) is 17.1. The van der Waals surface area contributed by atoms with Gasteiger partial charge in [-0.25, -0.2) is 8.42 Å². The van der Waals surface area contributed by atoms with Gasteiger partial charge in [-0.15, -0.1) is 0 Å². The van der Waals surface area contributed by atoms with Crippen LogP contribution in [0.2, 0.25) is 10.0 Å². The van der Waals surface area contributed by atoms with Crippen molar-refractivity contribution in [1.82, 2.24) is 0 Å². The zero-order valence-corrected chi connectivity index (χ0v) is 15.4. The number of rotatable bonds is 3. The van der Waals surface area contributed by atoms with Crippen molar-refractivity contribution in [2.75, 3.05) is 19.5 Å². The molecule has 1 fully saturated rings. The summed E-state index contributed by atoms with van der Waals surface area (Å²) in [6.07, 6.45) is 2.04. The molecule has 126 valence electrons. The van der Waals surface area contributed by atoms with Gasteiger partial charge in [-0.1, -0.05) is 41.4 Å². The van der Waals surface area contributed by atoms with Crippen LogP contribution in [0.15, 0.2) is 52.9 Å². The van der Waals surface area contributed by atoms with Crippen LogP contribution in [-0.2, 0) is 14.6 Å². The van der Waals surface area contributed by atoms with Crippen LogP contribution in [0.5, 0.6) is 0 Å². The molecule has 1 aliphatic heterocycles. The lowest BCUT2D eigenvalue weighted by molar-refractivity contribution is 0.205. The van der Waals surface area contributed by atoms with Crippen LogP contribution in [-0.4, -0.2) is 27.9 Å². The topological polar surface area (TPSA) is 43.4 Å². The van der Waals surface area contributed by atoms with E-state index in [2.05, 4.69) is 0 Å². The van der Waals surface area contributed by atoms with E-state index in [1.165, 1.54) is 11.8 Å². The maximum Gasteiger partial charge on any atom is 0.175 e. The Balaban J connectivity index is 2.13. The first kappa shape index (κ1) is 17.5. The molecule has 2 aromatic rings. The summed E-state index contributed by atoms with van der Waals surface area (Å²) in [6.45, 7) is 1.24. The van der Waals surface area contributed by atoms with Gasteiger partial charge in [0.05, 0.1) is 28.2 Å². The van der Waals surface area contributed by atoms with Crippen LogP contribution in [0.4, 0.5) is 0 Å². The summed E-state index contributed by atoms with van der Waals surface area (Å²) in [5.41, 5.74) is 4.06. The summed E-state index contributed by atoms with van der Waals surface area (Å²) in [7, 11) is -3.22. The highest BCUT2D eigenvalue weighted by molar-refractivity contribution is 7.90. The Morgan fingerprint density at radius 2 is 1.67 bits per heavy atom. The molecule has 0 unspecified atom stereocenters. The van der Waals surface area contributed by atoms with E-state index in [4.69, 9.17) is 27.9 Å². The summed E-state index contributed by atoms with van der Waals surface area (Å²) >= 11 is 12.2. The standard InChI is InChI=1S/C18H16Cl2O3S/c1-24(21,22)15-5-2-12(3-6-15)18(14-8-9-23-11-14)13-4-7-16(19)17(20)10-13/h2-7,10H,8-9,11H2,1H3/b18-14-. The molecule has 3 nitrogen and oxygen atoms in total. The number of sulfone groups is 1. The fourth-order valence-corrected chi connectivity index (χ4v) is 3.68. The van der Waals surface area contributed by atoms with Gasteiger partial charge in [0.2, 0.25) is 0 Å². The second-order valence-electron chi connectivity index (χ2n) is 5.71. The summed E-state index contributed by atoms with van der Waals surface area (Å²) in [5.74, 6) is 0. The van der Waals surface area contributed by atoms with Crippen LogP contribution >= 0.6 is 23.2 Å². The number of hydrogen-bond donors (Lipinski definition) is 0. The molecule has 0 bridgehead atoms. The van der Waals surface area contributed by atoms with Gasteiger partial charge in [0.15, 0.2) is 9.84 Å². The molecule has 0 atom stereocenters. The largest absolute Gasteiger partial charge is 0.377 e. The quantitative estimate of drug-likeness (QED) is 0.777. The maximum atomic E-state index is 11.7. The predicted octanol–water partition coefficient (Wildman–Crippen LogP) is 4.62. The third-order valence-corrected chi connectivity index (χ3v) is 5.82. The Labute approximate surface area is 151 Å². The average Bonchev–Trinajstić information content (AvgIpc) is 3.05. The average molecular weight is 383 g/mol. The molecule has 0 N–H and O–H groups in total. The highest BCUT2D eigenvalue weighted by atomic mass is 35.5. The van der Waals surface area contributed by atoms with E-state index in [1.807, 2.05) is 24.3 Å². The SMILES string of the molecule is CS(=O)(=O)c1ccc(/C(=C2\CCOC2)c2ccc(Cl)c(Cl)c2)cc1. The molecule has 3 rings (SSSR count). The Morgan fingerprint density at radius 3 is 2.21 bits per heavy atom. The van der Waals surface area contributed by atoms with Crippen molar-refractivity contribution in [2.24, 2.45) is 0 Å². The molecule has 2 aromatic carbocycles. The highest BCUT2D eigenvalue weighted by Gasteiger charge is 2.18. The molecule has 6 heteroatoms. The molecule has 0 amide bonds. The fraction of sp³-hybridized carbons (Fsp3) is 0.222. The third-order valence-electron chi connectivity index (χ3n) is 3.96. The summed E-state index contributed by atoms with van der Waals surface area (Å²) in [6, 6.07) is 12.4. The lowest BCUT2D eigenvalue weighted by atomic mass is 9.92. The van der Waals surface area contributed by atoms with Crippen LogP contribution in [0.1, 0.15) is 17.5 Å². The first-order valence-electron chi connectivity index (χ1n) is 7.42. The van der Waals surface area contributed by atoms with Crippen molar-refractivity contribution in [3.8, 4) is 0 Å². The van der Waals surface area contributed by atoms with Crippen LogP contribution < -0.4 is 0 Å². The first-order chi connectivity index (χ1) is 11.4. The molecule has 0 radical (unpaired) electrons. The van der Waals surface area contributed by atoms with Crippen molar-refractivity contribution in [3.05, 3.63) is 69.2 Å². The highest BCUT2D eigenvalue weighted by Crippen LogP contribution is 2.34. The zero-order chi connectivity index (χ0) is 17.3. The van der Waals surface area contributed by atoms with Crippen molar-refractivity contribution in [2.45, 2.75) is 11.3 Å². The van der Waals surface area contributed by atoms with E-state index in [-0.39, 0.29) is 0 Å². The van der Waals surface area contributed by atoms with Gasteiger partial charge in [-0.3, -0.25) is 0 Å². The van der Waals surface area contributed by atoms with Crippen LogP contribution in [0, 0.1) is 0 Å². The van der Waals surface area contributed by atoms with Crippen LogP contribution in [0.25, 0.3) is 5.57 Å². The second kappa shape index (κ2) is 6.89. The number of benzene rings is 2. The number of ether oxygens (including phenoxy) is 1. The predicted molar refractivity (Wildman–Crippen MR) is 97.5 cm³/mol. The fourth-order valence-electron chi connectivity index (χ4n) is 2.76. The van der Waals surface area contributed by atoms with Crippen LogP contribution in [0.3, 0.4) is 0 Å².